The van der Waals surface area contributed by atoms with Crippen molar-refractivity contribution in [1.82, 2.24) is 4.90 Å². The fraction of sp³-hybridized carbons (Fsp3) is 0.750. The second-order valence-corrected chi connectivity index (χ2v) is 6.24. The van der Waals surface area contributed by atoms with Crippen molar-refractivity contribution < 1.29 is 14.5 Å². The van der Waals surface area contributed by atoms with Gasteiger partial charge in [-0.2, -0.15) is 0 Å². The molecule has 1 fully saturated rings. The number of nitrogens with zero attached hydrogens (tertiary/aromatic N) is 1. The molecule has 1 heterocycles. The van der Waals surface area contributed by atoms with Crippen molar-refractivity contribution in [3.05, 3.63) is 11.8 Å². The third-order valence-corrected chi connectivity index (χ3v) is 4.61. The van der Waals surface area contributed by atoms with Crippen LogP contribution in [0.1, 0.15) is 45.4 Å². The van der Waals surface area contributed by atoms with Crippen molar-refractivity contribution in [3.8, 4) is 0 Å². The van der Waals surface area contributed by atoms with Gasteiger partial charge in [0.2, 0.25) is 5.91 Å². The molecule has 21 heavy (non-hydrogen) atoms. The molecule has 2 rings (SSSR count). The van der Waals surface area contributed by atoms with Crippen molar-refractivity contribution in [1.29, 1.82) is 0 Å². The number of likely N-dealkylation sites (tertiary alicyclic amines) is 1. The molecule has 0 saturated carbocycles. The molecular weight excluding hydrogens is 266 g/mol. The SMILES string of the molecule is CCCN(C(=O)C[NH+]1CCC(C(N)=O)CC1)C1=CCCC1. The highest BCUT2D eigenvalue weighted by Crippen LogP contribution is 2.21. The lowest BCUT2D eigenvalue weighted by atomic mass is 9.96. The fourth-order valence-electron chi connectivity index (χ4n) is 3.35. The van der Waals surface area contributed by atoms with Gasteiger partial charge in [-0.25, -0.2) is 0 Å². The first-order chi connectivity index (χ1) is 10.1. The van der Waals surface area contributed by atoms with Crippen LogP contribution in [0.25, 0.3) is 0 Å². The number of piperidine rings is 1. The van der Waals surface area contributed by atoms with Crippen molar-refractivity contribution in [2.75, 3.05) is 26.2 Å². The van der Waals surface area contributed by atoms with Gasteiger partial charge >= 0.3 is 0 Å². The minimum absolute atomic E-state index is 0.00753. The summed E-state index contributed by atoms with van der Waals surface area (Å²) in [5.74, 6) is 0.0507. The highest BCUT2D eigenvalue weighted by molar-refractivity contribution is 5.79. The molecule has 0 spiro atoms. The molecule has 1 saturated heterocycles. The van der Waals surface area contributed by atoms with Crippen LogP contribution in [0, 0.1) is 5.92 Å². The van der Waals surface area contributed by atoms with E-state index in [1.165, 1.54) is 17.0 Å². The van der Waals surface area contributed by atoms with Gasteiger partial charge in [0.25, 0.3) is 5.91 Å². The summed E-state index contributed by atoms with van der Waals surface area (Å²) in [6.45, 7) is 5.22. The zero-order valence-electron chi connectivity index (χ0n) is 13.1. The first-order valence-electron chi connectivity index (χ1n) is 8.24. The Morgan fingerprint density at radius 3 is 2.62 bits per heavy atom. The second-order valence-electron chi connectivity index (χ2n) is 6.24. The third kappa shape index (κ3) is 4.30. The average molecular weight is 294 g/mol. The minimum Gasteiger partial charge on any atom is -0.369 e. The molecule has 0 aromatic heterocycles. The number of nitrogens with one attached hydrogen (secondary N) is 1. The molecular formula is C16H28N3O2+. The molecule has 2 aliphatic rings. The Hall–Kier alpha value is -1.36. The summed E-state index contributed by atoms with van der Waals surface area (Å²) in [5, 5.41) is 0. The number of hydrogen-bond donors (Lipinski definition) is 2. The quantitative estimate of drug-likeness (QED) is 0.728. The summed E-state index contributed by atoms with van der Waals surface area (Å²) in [6.07, 6.45) is 8.12. The monoisotopic (exact) mass is 294 g/mol. The van der Waals surface area contributed by atoms with E-state index < -0.39 is 0 Å². The second kappa shape index (κ2) is 7.59. The molecule has 118 valence electrons. The number of primary amides is 1. The van der Waals surface area contributed by atoms with Crippen LogP contribution in [0.2, 0.25) is 0 Å². The van der Waals surface area contributed by atoms with E-state index in [1.807, 2.05) is 4.90 Å². The largest absolute Gasteiger partial charge is 0.369 e. The van der Waals surface area contributed by atoms with Crippen LogP contribution < -0.4 is 10.6 Å². The van der Waals surface area contributed by atoms with E-state index in [-0.39, 0.29) is 17.7 Å². The highest BCUT2D eigenvalue weighted by atomic mass is 16.2. The van der Waals surface area contributed by atoms with Crippen LogP contribution in [0.5, 0.6) is 0 Å². The normalized spacial score (nSPS) is 25.5. The molecule has 0 unspecified atom stereocenters. The van der Waals surface area contributed by atoms with Gasteiger partial charge in [-0.15, -0.1) is 0 Å². The zero-order valence-corrected chi connectivity index (χ0v) is 13.1. The first kappa shape index (κ1) is 16.0. The van der Waals surface area contributed by atoms with Gasteiger partial charge in [-0.1, -0.05) is 13.0 Å². The van der Waals surface area contributed by atoms with Crippen molar-refractivity contribution in [2.24, 2.45) is 11.7 Å². The van der Waals surface area contributed by atoms with Crippen LogP contribution in [0.4, 0.5) is 0 Å². The molecule has 1 aliphatic heterocycles. The van der Waals surface area contributed by atoms with E-state index in [9.17, 15) is 9.59 Å². The maximum Gasteiger partial charge on any atom is 0.281 e. The molecule has 0 radical (unpaired) electrons. The lowest BCUT2D eigenvalue weighted by molar-refractivity contribution is -0.898. The number of allylic oxidation sites excluding steroid dienone is 2. The summed E-state index contributed by atoms with van der Waals surface area (Å²) in [7, 11) is 0. The van der Waals surface area contributed by atoms with E-state index in [4.69, 9.17) is 5.73 Å². The van der Waals surface area contributed by atoms with E-state index in [0.717, 1.165) is 51.7 Å². The van der Waals surface area contributed by atoms with Crippen LogP contribution in [0.3, 0.4) is 0 Å². The maximum atomic E-state index is 12.6. The Morgan fingerprint density at radius 1 is 1.38 bits per heavy atom. The summed E-state index contributed by atoms with van der Waals surface area (Å²) in [4.78, 5) is 27.0. The van der Waals surface area contributed by atoms with Gasteiger partial charge in [-0.3, -0.25) is 9.59 Å². The smallest absolute Gasteiger partial charge is 0.281 e. The third-order valence-electron chi connectivity index (χ3n) is 4.61. The predicted octanol–water partition coefficient (Wildman–Crippen LogP) is 0.0730. The molecule has 0 atom stereocenters. The summed E-state index contributed by atoms with van der Waals surface area (Å²) in [6, 6.07) is 0. The van der Waals surface area contributed by atoms with Crippen molar-refractivity contribution in [3.63, 3.8) is 0 Å². The lowest BCUT2D eigenvalue weighted by Gasteiger charge is -2.30. The first-order valence-corrected chi connectivity index (χ1v) is 8.24. The van der Waals surface area contributed by atoms with Crippen molar-refractivity contribution >= 4 is 11.8 Å². The number of carbonyl (C=O) groups is 2. The molecule has 1 aliphatic carbocycles. The van der Waals surface area contributed by atoms with Crippen LogP contribution in [0.15, 0.2) is 11.8 Å². The predicted molar refractivity (Wildman–Crippen MR) is 81.4 cm³/mol. The molecule has 0 aromatic rings. The summed E-state index contributed by atoms with van der Waals surface area (Å²) in [5.41, 5.74) is 6.57. The summed E-state index contributed by atoms with van der Waals surface area (Å²) < 4.78 is 0. The number of rotatable bonds is 6. The zero-order chi connectivity index (χ0) is 15.2. The van der Waals surface area contributed by atoms with Gasteiger partial charge in [0.05, 0.1) is 13.1 Å². The Kier molecular flexibility index (Phi) is 5.79. The standard InChI is InChI=1S/C16H27N3O2/c1-2-9-19(14-5-3-4-6-14)15(20)12-18-10-7-13(8-11-18)16(17)21/h5,13H,2-4,6-12H2,1H3,(H2,17,21)/p+1. The Labute approximate surface area is 127 Å². The van der Waals surface area contributed by atoms with E-state index in [2.05, 4.69) is 13.0 Å². The van der Waals surface area contributed by atoms with E-state index in [1.54, 1.807) is 0 Å². The van der Waals surface area contributed by atoms with Gasteiger partial charge in [-0.05, 0) is 25.7 Å². The molecule has 0 bridgehead atoms. The number of carbonyl (C=O) groups excluding carboxylic acids is 2. The van der Waals surface area contributed by atoms with Gasteiger partial charge in [0.1, 0.15) is 0 Å². The highest BCUT2D eigenvalue weighted by Gasteiger charge is 2.29. The molecule has 3 N–H and O–H groups in total. The van der Waals surface area contributed by atoms with Gasteiger partial charge in [0, 0.05) is 31.0 Å². The molecule has 5 nitrogen and oxygen atoms in total. The van der Waals surface area contributed by atoms with Crippen LogP contribution >= 0.6 is 0 Å². The van der Waals surface area contributed by atoms with Gasteiger partial charge in [0.15, 0.2) is 6.54 Å². The number of nitrogens with two attached hydrogens (primary N) is 1. The fourth-order valence-corrected chi connectivity index (χ4v) is 3.35. The number of amides is 2. The molecule has 5 heteroatoms. The van der Waals surface area contributed by atoms with Crippen LogP contribution in [-0.4, -0.2) is 42.9 Å². The topological polar surface area (TPSA) is 67.8 Å². The Morgan fingerprint density at radius 2 is 2.10 bits per heavy atom. The lowest BCUT2D eigenvalue weighted by Crippen LogP contribution is -3.14. The summed E-state index contributed by atoms with van der Waals surface area (Å²) >= 11 is 0. The van der Waals surface area contributed by atoms with E-state index in [0.29, 0.717) is 6.54 Å². The average Bonchev–Trinajstić information content (AvgIpc) is 2.99. The Balaban J connectivity index is 1.86. The minimum atomic E-state index is -0.191. The molecule has 2 amide bonds. The molecule has 0 aromatic carbocycles. The van der Waals surface area contributed by atoms with E-state index >= 15 is 0 Å². The maximum absolute atomic E-state index is 12.6. The van der Waals surface area contributed by atoms with Gasteiger partial charge < -0.3 is 15.5 Å². The Bertz CT molecular complexity index is 412. The number of hydrogen-bond acceptors (Lipinski definition) is 2. The van der Waals surface area contributed by atoms with Crippen LogP contribution in [-0.2, 0) is 9.59 Å². The van der Waals surface area contributed by atoms with Crippen molar-refractivity contribution in [2.45, 2.75) is 45.4 Å². The number of quaternary nitrogens is 1.